The van der Waals surface area contributed by atoms with E-state index in [0.717, 1.165) is 25.3 Å². The van der Waals surface area contributed by atoms with E-state index in [9.17, 15) is 0 Å². The average Bonchev–Trinajstić information content (AvgIpc) is 2.44. The van der Waals surface area contributed by atoms with Crippen molar-refractivity contribution in [2.75, 3.05) is 13.1 Å². The van der Waals surface area contributed by atoms with Crippen molar-refractivity contribution in [2.45, 2.75) is 27.2 Å². The number of hydrogen-bond acceptors (Lipinski definition) is 3. The summed E-state index contributed by atoms with van der Waals surface area (Å²) in [4.78, 5) is 4.16. The number of aryl methyl sites for hydroxylation is 1. The van der Waals surface area contributed by atoms with E-state index >= 15 is 0 Å². The summed E-state index contributed by atoms with van der Waals surface area (Å²) in [6, 6.07) is 0. The van der Waals surface area contributed by atoms with Gasteiger partial charge in [0.05, 0.1) is 0 Å². The minimum Gasteiger partial charge on any atom is -0.316 e. The summed E-state index contributed by atoms with van der Waals surface area (Å²) in [7, 11) is 1.92. The Morgan fingerprint density at radius 1 is 1.43 bits per heavy atom. The third-order valence-electron chi connectivity index (χ3n) is 1.99. The van der Waals surface area contributed by atoms with Gasteiger partial charge in [0.25, 0.3) is 0 Å². The van der Waals surface area contributed by atoms with Crippen LogP contribution in [0.15, 0.2) is 6.33 Å². The summed E-state index contributed by atoms with van der Waals surface area (Å²) >= 11 is 0. The molecule has 0 atom stereocenters. The first-order valence-electron chi connectivity index (χ1n) is 5.03. The maximum Gasteiger partial charge on any atom is 0.138 e. The van der Waals surface area contributed by atoms with Gasteiger partial charge >= 0.3 is 0 Å². The van der Waals surface area contributed by atoms with Crippen LogP contribution in [0.2, 0.25) is 0 Å². The molecule has 4 nitrogen and oxygen atoms in total. The molecule has 4 heteroatoms. The summed E-state index contributed by atoms with van der Waals surface area (Å²) in [5, 5.41) is 7.43. The maximum absolute atomic E-state index is 4.16. The van der Waals surface area contributed by atoms with Gasteiger partial charge in [-0.3, -0.25) is 4.68 Å². The van der Waals surface area contributed by atoms with E-state index in [0.29, 0.717) is 5.41 Å². The van der Waals surface area contributed by atoms with Crippen molar-refractivity contribution >= 4 is 0 Å². The highest BCUT2D eigenvalue weighted by Gasteiger charge is 2.08. The number of rotatable bonds is 4. The molecule has 0 aliphatic heterocycles. The Bertz CT molecular complexity index is 272. The minimum atomic E-state index is 0.347. The van der Waals surface area contributed by atoms with Gasteiger partial charge in [-0.05, 0) is 5.41 Å². The van der Waals surface area contributed by atoms with Gasteiger partial charge in [-0.2, -0.15) is 5.10 Å². The van der Waals surface area contributed by atoms with Crippen molar-refractivity contribution in [3.63, 3.8) is 0 Å². The summed E-state index contributed by atoms with van der Waals surface area (Å²) in [6.45, 7) is 8.67. The highest BCUT2D eigenvalue weighted by atomic mass is 15.3. The van der Waals surface area contributed by atoms with E-state index in [1.54, 1.807) is 6.33 Å². The van der Waals surface area contributed by atoms with Crippen LogP contribution in [0.3, 0.4) is 0 Å². The third-order valence-corrected chi connectivity index (χ3v) is 1.99. The molecule has 1 aromatic rings. The van der Waals surface area contributed by atoms with Gasteiger partial charge < -0.3 is 5.32 Å². The molecule has 0 aliphatic rings. The van der Waals surface area contributed by atoms with Gasteiger partial charge in [0, 0.05) is 26.6 Å². The molecular formula is C10H20N4. The number of hydrogen-bond donors (Lipinski definition) is 1. The molecule has 0 spiro atoms. The molecule has 0 aromatic carbocycles. The first-order valence-corrected chi connectivity index (χ1v) is 5.03. The largest absolute Gasteiger partial charge is 0.316 e. The predicted octanol–water partition coefficient (Wildman–Crippen LogP) is 0.993. The topological polar surface area (TPSA) is 42.7 Å². The highest BCUT2D eigenvalue weighted by Crippen LogP contribution is 2.09. The lowest BCUT2D eigenvalue weighted by atomic mass is 9.97. The molecule has 1 rings (SSSR count). The van der Waals surface area contributed by atoms with Crippen LogP contribution >= 0.6 is 0 Å². The SMILES string of the molecule is Cn1ncnc1CCNCC(C)(C)C. The Morgan fingerprint density at radius 3 is 2.64 bits per heavy atom. The Hall–Kier alpha value is -0.900. The van der Waals surface area contributed by atoms with Gasteiger partial charge in [0.2, 0.25) is 0 Å². The lowest BCUT2D eigenvalue weighted by molar-refractivity contribution is 0.380. The zero-order valence-electron chi connectivity index (χ0n) is 9.54. The van der Waals surface area contributed by atoms with Crippen molar-refractivity contribution in [3.05, 3.63) is 12.2 Å². The van der Waals surface area contributed by atoms with Gasteiger partial charge in [-0.25, -0.2) is 4.98 Å². The van der Waals surface area contributed by atoms with Crippen molar-refractivity contribution in [1.29, 1.82) is 0 Å². The summed E-state index contributed by atoms with van der Waals surface area (Å²) in [5.41, 5.74) is 0.347. The van der Waals surface area contributed by atoms with Crippen LogP contribution in [0.25, 0.3) is 0 Å². The Kier molecular flexibility index (Phi) is 3.63. The zero-order chi connectivity index (χ0) is 10.6. The highest BCUT2D eigenvalue weighted by molar-refractivity contribution is 4.84. The number of nitrogens with one attached hydrogen (secondary N) is 1. The van der Waals surface area contributed by atoms with Crippen molar-refractivity contribution in [1.82, 2.24) is 20.1 Å². The molecule has 0 aliphatic carbocycles. The van der Waals surface area contributed by atoms with Crippen LogP contribution < -0.4 is 5.32 Å². The second kappa shape index (κ2) is 4.55. The van der Waals surface area contributed by atoms with E-state index in [1.807, 2.05) is 11.7 Å². The summed E-state index contributed by atoms with van der Waals surface area (Å²) in [5.74, 6) is 1.03. The van der Waals surface area contributed by atoms with Crippen LogP contribution in [0.1, 0.15) is 26.6 Å². The standard InChI is InChI=1S/C10H20N4/c1-10(2,3)7-11-6-5-9-12-8-13-14(9)4/h8,11H,5-7H2,1-4H3. The molecule has 0 amide bonds. The molecule has 1 N–H and O–H groups in total. The smallest absolute Gasteiger partial charge is 0.138 e. The molecule has 80 valence electrons. The lowest BCUT2D eigenvalue weighted by Crippen LogP contribution is -2.28. The van der Waals surface area contributed by atoms with Gasteiger partial charge in [-0.15, -0.1) is 0 Å². The Morgan fingerprint density at radius 2 is 2.14 bits per heavy atom. The molecule has 0 saturated carbocycles. The lowest BCUT2D eigenvalue weighted by Gasteiger charge is -2.18. The molecule has 0 bridgehead atoms. The van der Waals surface area contributed by atoms with Gasteiger partial charge in [-0.1, -0.05) is 20.8 Å². The van der Waals surface area contributed by atoms with E-state index in [2.05, 4.69) is 36.2 Å². The van der Waals surface area contributed by atoms with E-state index in [4.69, 9.17) is 0 Å². The average molecular weight is 196 g/mol. The second-order valence-electron chi connectivity index (χ2n) is 4.79. The maximum atomic E-state index is 4.16. The number of aromatic nitrogens is 3. The fourth-order valence-electron chi connectivity index (χ4n) is 1.21. The number of nitrogens with zero attached hydrogens (tertiary/aromatic N) is 3. The quantitative estimate of drug-likeness (QED) is 0.730. The fourth-order valence-corrected chi connectivity index (χ4v) is 1.21. The van der Waals surface area contributed by atoms with E-state index in [1.165, 1.54) is 0 Å². The molecular weight excluding hydrogens is 176 g/mol. The van der Waals surface area contributed by atoms with Gasteiger partial charge in [0.15, 0.2) is 0 Å². The first-order chi connectivity index (χ1) is 6.49. The minimum absolute atomic E-state index is 0.347. The molecule has 0 unspecified atom stereocenters. The van der Waals surface area contributed by atoms with Crippen molar-refractivity contribution in [3.8, 4) is 0 Å². The van der Waals surface area contributed by atoms with Crippen LogP contribution in [0, 0.1) is 5.41 Å². The van der Waals surface area contributed by atoms with Crippen LogP contribution in [-0.2, 0) is 13.5 Å². The Labute approximate surface area is 85.7 Å². The summed E-state index contributed by atoms with van der Waals surface area (Å²) < 4.78 is 1.82. The zero-order valence-corrected chi connectivity index (χ0v) is 9.54. The molecule has 1 heterocycles. The molecule has 14 heavy (non-hydrogen) atoms. The molecule has 0 saturated heterocycles. The predicted molar refractivity (Wildman–Crippen MR) is 57.0 cm³/mol. The first kappa shape index (κ1) is 11.2. The van der Waals surface area contributed by atoms with Crippen LogP contribution in [0.5, 0.6) is 0 Å². The normalized spacial score (nSPS) is 12.0. The van der Waals surface area contributed by atoms with Crippen molar-refractivity contribution < 1.29 is 0 Å². The molecule has 0 fully saturated rings. The van der Waals surface area contributed by atoms with Crippen molar-refractivity contribution in [2.24, 2.45) is 12.5 Å². The van der Waals surface area contributed by atoms with Crippen LogP contribution in [0.4, 0.5) is 0 Å². The Balaban J connectivity index is 2.20. The molecule has 0 radical (unpaired) electrons. The van der Waals surface area contributed by atoms with Crippen LogP contribution in [-0.4, -0.2) is 27.9 Å². The molecule has 1 aromatic heterocycles. The van der Waals surface area contributed by atoms with Gasteiger partial charge in [0.1, 0.15) is 12.2 Å². The third kappa shape index (κ3) is 3.87. The summed E-state index contributed by atoms with van der Waals surface area (Å²) in [6.07, 6.45) is 2.53. The van der Waals surface area contributed by atoms with E-state index < -0.39 is 0 Å². The second-order valence-corrected chi connectivity index (χ2v) is 4.79. The van der Waals surface area contributed by atoms with E-state index in [-0.39, 0.29) is 0 Å². The monoisotopic (exact) mass is 196 g/mol. The fraction of sp³-hybridized carbons (Fsp3) is 0.800.